The smallest absolute Gasteiger partial charge is 0.410 e. The Bertz CT molecular complexity index is 1080. The molecule has 0 saturated heterocycles. The van der Waals surface area contributed by atoms with Gasteiger partial charge in [0.05, 0.1) is 17.7 Å². The van der Waals surface area contributed by atoms with E-state index in [2.05, 4.69) is 5.10 Å². The summed E-state index contributed by atoms with van der Waals surface area (Å²) in [5, 5.41) is 4.66. The third kappa shape index (κ3) is 3.65. The molecule has 2 aliphatic rings. The minimum Gasteiger partial charge on any atom is -0.444 e. The molecular weight excluding hydrogens is 404 g/mol. The van der Waals surface area contributed by atoms with Crippen molar-refractivity contribution >= 4 is 23.9 Å². The monoisotopic (exact) mass is 426 g/mol. The van der Waals surface area contributed by atoms with Gasteiger partial charge in [-0.05, 0) is 32.9 Å². The van der Waals surface area contributed by atoms with Crippen LogP contribution in [0.5, 0.6) is 0 Å². The second kappa shape index (κ2) is 7.22. The van der Waals surface area contributed by atoms with E-state index in [4.69, 9.17) is 9.57 Å². The Morgan fingerprint density at radius 3 is 2.26 bits per heavy atom. The standard InChI is InChI=1S/C21H22N4O6/c1-21(2,3)30-20(29)24-10-9-15-14(11-24)16(22-23(15)4)19(28)31-25-17(26)12-7-5-6-8-13(12)18(25)27/h5-8H,9-11H2,1-4H3. The largest absolute Gasteiger partial charge is 0.444 e. The van der Waals surface area contributed by atoms with Gasteiger partial charge in [0.2, 0.25) is 0 Å². The van der Waals surface area contributed by atoms with Gasteiger partial charge in [0.25, 0.3) is 11.8 Å². The van der Waals surface area contributed by atoms with Crippen molar-refractivity contribution in [1.29, 1.82) is 0 Å². The van der Waals surface area contributed by atoms with E-state index in [9.17, 15) is 19.2 Å². The summed E-state index contributed by atoms with van der Waals surface area (Å²) in [5.74, 6) is -2.37. The molecule has 0 N–H and O–H groups in total. The van der Waals surface area contributed by atoms with Crippen LogP contribution in [0, 0.1) is 0 Å². The summed E-state index contributed by atoms with van der Waals surface area (Å²) in [5.41, 5.74) is 0.899. The van der Waals surface area contributed by atoms with Gasteiger partial charge in [-0.1, -0.05) is 17.2 Å². The van der Waals surface area contributed by atoms with Crippen molar-refractivity contribution in [2.75, 3.05) is 6.54 Å². The lowest BCUT2D eigenvalue weighted by Crippen LogP contribution is -2.40. The van der Waals surface area contributed by atoms with E-state index in [0.717, 1.165) is 5.69 Å². The number of ether oxygens (including phenoxy) is 1. The SMILES string of the molecule is Cn1nc(C(=O)ON2C(=O)c3ccccc3C2=O)c2c1CCN(C(=O)OC(C)(C)C)C2. The third-order valence-electron chi connectivity index (χ3n) is 5.02. The molecule has 10 heteroatoms. The van der Waals surface area contributed by atoms with E-state index in [1.807, 2.05) is 0 Å². The minimum atomic E-state index is -0.947. The molecule has 10 nitrogen and oxygen atoms in total. The second-order valence-corrected chi connectivity index (χ2v) is 8.38. The summed E-state index contributed by atoms with van der Waals surface area (Å²) >= 11 is 0. The molecule has 162 valence electrons. The second-order valence-electron chi connectivity index (χ2n) is 8.38. The molecule has 0 aliphatic carbocycles. The zero-order valence-corrected chi connectivity index (χ0v) is 17.7. The lowest BCUT2D eigenvalue weighted by Gasteiger charge is -2.30. The normalized spacial score (nSPS) is 15.6. The Hall–Kier alpha value is -3.69. The molecule has 2 aliphatic heterocycles. The van der Waals surface area contributed by atoms with Crippen LogP contribution in [-0.4, -0.2) is 55.8 Å². The molecule has 0 fully saturated rings. The van der Waals surface area contributed by atoms with Crippen molar-refractivity contribution in [2.45, 2.75) is 39.3 Å². The highest BCUT2D eigenvalue weighted by Crippen LogP contribution is 2.27. The van der Waals surface area contributed by atoms with E-state index in [1.165, 1.54) is 17.0 Å². The number of imide groups is 1. The number of hydroxylamine groups is 2. The highest BCUT2D eigenvalue weighted by molar-refractivity contribution is 6.21. The van der Waals surface area contributed by atoms with Gasteiger partial charge >= 0.3 is 12.1 Å². The number of nitrogens with zero attached hydrogens (tertiary/aromatic N) is 4. The number of carbonyl (C=O) groups is 4. The van der Waals surface area contributed by atoms with Gasteiger partial charge in [-0.25, -0.2) is 9.59 Å². The first-order valence-corrected chi connectivity index (χ1v) is 9.79. The molecule has 4 rings (SSSR count). The average Bonchev–Trinajstić information content (AvgIpc) is 3.16. The highest BCUT2D eigenvalue weighted by Gasteiger charge is 2.40. The first-order chi connectivity index (χ1) is 14.6. The molecular formula is C21H22N4O6. The van der Waals surface area contributed by atoms with Gasteiger partial charge in [0, 0.05) is 31.3 Å². The quantitative estimate of drug-likeness (QED) is 0.676. The van der Waals surface area contributed by atoms with Crippen LogP contribution in [0.1, 0.15) is 63.2 Å². The molecule has 31 heavy (non-hydrogen) atoms. The molecule has 0 spiro atoms. The summed E-state index contributed by atoms with van der Waals surface area (Å²) in [7, 11) is 1.68. The molecule has 0 bridgehead atoms. The number of benzene rings is 1. The van der Waals surface area contributed by atoms with Crippen molar-refractivity contribution in [1.82, 2.24) is 19.7 Å². The predicted molar refractivity (Wildman–Crippen MR) is 106 cm³/mol. The maximum atomic E-state index is 12.9. The molecule has 0 atom stereocenters. The van der Waals surface area contributed by atoms with Crippen molar-refractivity contribution in [3.05, 3.63) is 52.3 Å². The van der Waals surface area contributed by atoms with Crippen molar-refractivity contribution in [3.63, 3.8) is 0 Å². The van der Waals surface area contributed by atoms with Crippen LogP contribution in [0.25, 0.3) is 0 Å². The molecule has 1 aromatic carbocycles. The summed E-state index contributed by atoms with van der Waals surface area (Å²) < 4.78 is 6.96. The van der Waals surface area contributed by atoms with E-state index >= 15 is 0 Å². The fourth-order valence-corrected chi connectivity index (χ4v) is 3.61. The molecule has 3 heterocycles. The molecule has 2 aromatic rings. The van der Waals surface area contributed by atoms with Gasteiger partial charge in [-0.15, -0.1) is 0 Å². The van der Waals surface area contributed by atoms with Crippen LogP contribution < -0.4 is 0 Å². The lowest BCUT2D eigenvalue weighted by atomic mass is 10.1. The number of amides is 3. The Morgan fingerprint density at radius 1 is 1.06 bits per heavy atom. The Balaban J connectivity index is 1.56. The maximum Gasteiger partial charge on any atom is 0.410 e. The van der Waals surface area contributed by atoms with Gasteiger partial charge < -0.3 is 14.5 Å². The first-order valence-electron chi connectivity index (χ1n) is 9.79. The summed E-state index contributed by atoms with van der Waals surface area (Å²) in [6.45, 7) is 5.83. The number of hydrogen-bond donors (Lipinski definition) is 0. The van der Waals surface area contributed by atoms with E-state index in [-0.39, 0.29) is 23.4 Å². The number of aromatic nitrogens is 2. The lowest BCUT2D eigenvalue weighted by molar-refractivity contribution is -0.0590. The Morgan fingerprint density at radius 2 is 1.68 bits per heavy atom. The van der Waals surface area contributed by atoms with Crippen LogP contribution in [0.2, 0.25) is 0 Å². The van der Waals surface area contributed by atoms with Crippen LogP contribution in [-0.2, 0) is 29.6 Å². The summed E-state index contributed by atoms with van der Waals surface area (Å²) in [6, 6.07) is 6.22. The molecule has 0 radical (unpaired) electrons. The zero-order valence-electron chi connectivity index (χ0n) is 17.7. The predicted octanol–water partition coefficient (Wildman–Crippen LogP) is 2.08. The maximum absolute atomic E-state index is 12.9. The third-order valence-corrected chi connectivity index (χ3v) is 5.02. The van der Waals surface area contributed by atoms with Crippen LogP contribution >= 0.6 is 0 Å². The molecule has 1 aromatic heterocycles. The van der Waals surface area contributed by atoms with Crippen LogP contribution in [0.3, 0.4) is 0 Å². The minimum absolute atomic E-state index is 0.0534. The molecule has 0 saturated carbocycles. The molecule has 3 amide bonds. The summed E-state index contributed by atoms with van der Waals surface area (Å²) in [6.07, 6.45) is -0.0278. The highest BCUT2D eigenvalue weighted by atomic mass is 16.7. The van der Waals surface area contributed by atoms with Gasteiger partial charge in [0.15, 0.2) is 5.69 Å². The van der Waals surface area contributed by atoms with Gasteiger partial charge in [-0.3, -0.25) is 14.3 Å². The van der Waals surface area contributed by atoms with Crippen molar-refractivity contribution in [2.24, 2.45) is 7.05 Å². The number of aryl methyl sites for hydroxylation is 1. The van der Waals surface area contributed by atoms with E-state index in [0.29, 0.717) is 23.6 Å². The van der Waals surface area contributed by atoms with Crippen molar-refractivity contribution < 1.29 is 28.8 Å². The number of carbonyl (C=O) groups excluding carboxylic acids is 4. The number of rotatable bonds is 2. The van der Waals surface area contributed by atoms with Crippen LogP contribution in [0.4, 0.5) is 4.79 Å². The van der Waals surface area contributed by atoms with Crippen molar-refractivity contribution in [3.8, 4) is 0 Å². The fraction of sp³-hybridized carbons (Fsp3) is 0.381. The molecule has 0 unspecified atom stereocenters. The number of fused-ring (bicyclic) bond motifs is 2. The topological polar surface area (TPSA) is 111 Å². The van der Waals surface area contributed by atoms with Crippen LogP contribution in [0.15, 0.2) is 24.3 Å². The van der Waals surface area contributed by atoms with Gasteiger partial charge in [0.1, 0.15) is 5.60 Å². The Kier molecular flexibility index (Phi) is 4.79. The van der Waals surface area contributed by atoms with E-state index in [1.54, 1.807) is 44.6 Å². The number of hydrogen-bond acceptors (Lipinski definition) is 7. The summed E-state index contributed by atoms with van der Waals surface area (Å²) in [4.78, 5) is 56.9. The Labute approximate surface area is 178 Å². The fourth-order valence-electron chi connectivity index (χ4n) is 3.61. The zero-order chi connectivity index (χ0) is 22.5. The average molecular weight is 426 g/mol. The first kappa shape index (κ1) is 20.6. The van der Waals surface area contributed by atoms with E-state index < -0.39 is 29.5 Å². The van der Waals surface area contributed by atoms with Gasteiger partial charge in [-0.2, -0.15) is 5.10 Å².